The van der Waals surface area contributed by atoms with Crippen LogP contribution in [0.1, 0.15) is 41.0 Å². The fourth-order valence-corrected chi connectivity index (χ4v) is 2.24. The van der Waals surface area contributed by atoms with Gasteiger partial charge in [-0.05, 0) is 39.2 Å². The second kappa shape index (κ2) is 5.23. The summed E-state index contributed by atoms with van der Waals surface area (Å²) in [5.74, 6) is -0.857. The second-order valence-electron chi connectivity index (χ2n) is 6.32. The van der Waals surface area contributed by atoms with Crippen molar-refractivity contribution in [2.75, 3.05) is 6.54 Å². The number of rotatable bonds is 3. The van der Waals surface area contributed by atoms with Gasteiger partial charge in [0.05, 0.1) is 0 Å². The zero-order valence-electron chi connectivity index (χ0n) is 12.3. The Morgan fingerprint density at radius 2 is 2.00 bits per heavy atom. The highest BCUT2D eigenvalue weighted by Gasteiger charge is 2.48. The normalized spacial score (nSPS) is 22.9. The van der Waals surface area contributed by atoms with Crippen molar-refractivity contribution in [2.24, 2.45) is 5.92 Å². The quantitative estimate of drug-likeness (QED) is 0.800. The van der Waals surface area contributed by atoms with E-state index in [4.69, 9.17) is 4.74 Å². The number of ether oxygens (including phenoxy) is 1. The first-order valence-corrected chi connectivity index (χ1v) is 6.50. The summed E-state index contributed by atoms with van der Waals surface area (Å²) in [4.78, 5) is 25.1. The van der Waals surface area contributed by atoms with Gasteiger partial charge in [0.25, 0.3) is 0 Å². The van der Waals surface area contributed by atoms with Crippen LogP contribution in [-0.2, 0) is 9.53 Å². The lowest BCUT2D eigenvalue weighted by atomic mass is 9.89. The standard InChI is InChI=1S/C14H23NO4/c1-10(2)9-14(11(16)17)7-6-8-15(14)12(18)19-13(3,4)5/h6-7,10H,8-9H2,1-5H3,(H,16,17). The van der Waals surface area contributed by atoms with Crippen LogP contribution in [0.2, 0.25) is 0 Å². The predicted molar refractivity (Wildman–Crippen MR) is 71.9 cm³/mol. The van der Waals surface area contributed by atoms with Crippen LogP contribution in [0.15, 0.2) is 12.2 Å². The van der Waals surface area contributed by atoms with E-state index >= 15 is 0 Å². The molecule has 0 aromatic carbocycles. The van der Waals surface area contributed by atoms with Crippen LogP contribution in [-0.4, -0.2) is 39.8 Å². The Bertz CT molecular complexity index is 395. The molecule has 1 heterocycles. The van der Waals surface area contributed by atoms with Crippen LogP contribution in [0.4, 0.5) is 4.79 Å². The lowest BCUT2D eigenvalue weighted by Crippen LogP contribution is -2.55. The fraction of sp³-hybridized carbons (Fsp3) is 0.714. The summed E-state index contributed by atoms with van der Waals surface area (Å²) < 4.78 is 5.29. The second-order valence-corrected chi connectivity index (χ2v) is 6.32. The molecule has 0 fully saturated rings. The summed E-state index contributed by atoms with van der Waals surface area (Å²) in [6, 6.07) is 0. The lowest BCUT2D eigenvalue weighted by Gasteiger charge is -2.36. The molecule has 1 atom stereocenters. The molecule has 0 radical (unpaired) electrons. The fourth-order valence-electron chi connectivity index (χ4n) is 2.24. The highest BCUT2D eigenvalue weighted by atomic mass is 16.6. The van der Waals surface area contributed by atoms with E-state index in [1.807, 2.05) is 13.8 Å². The number of hydrogen-bond acceptors (Lipinski definition) is 3. The molecule has 0 aromatic heterocycles. The number of amides is 1. The molecule has 0 aliphatic carbocycles. The number of nitrogens with zero attached hydrogens (tertiary/aromatic N) is 1. The molecule has 0 saturated heterocycles. The van der Waals surface area contributed by atoms with Gasteiger partial charge in [0.15, 0.2) is 5.54 Å². The number of aliphatic carboxylic acids is 1. The molecule has 1 rings (SSSR count). The Morgan fingerprint density at radius 1 is 1.42 bits per heavy atom. The Balaban J connectivity index is 2.99. The summed E-state index contributed by atoms with van der Waals surface area (Å²) in [7, 11) is 0. The molecule has 0 aromatic rings. The van der Waals surface area contributed by atoms with Crippen LogP contribution in [0, 0.1) is 5.92 Å². The van der Waals surface area contributed by atoms with Crippen LogP contribution in [0.25, 0.3) is 0 Å². The van der Waals surface area contributed by atoms with E-state index in [-0.39, 0.29) is 12.5 Å². The van der Waals surface area contributed by atoms with E-state index in [1.165, 1.54) is 4.90 Å². The number of carbonyl (C=O) groups is 2. The average Bonchev–Trinajstić information content (AvgIpc) is 2.58. The van der Waals surface area contributed by atoms with Crippen LogP contribution in [0.5, 0.6) is 0 Å². The van der Waals surface area contributed by atoms with Gasteiger partial charge in [-0.2, -0.15) is 0 Å². The Kier molecular flexibility index (Phi) is 4.28. The van der Waals surface area contributed by atoms with Gasteiger partial charge in [0.1, 0.15) is 5.60 Å². The van der Waals surface area contributed by atoms with Crippen molar-refractivity contribution in [1.82, 2.24) is 4.90 Å². The molecule has 0 saturated carbocycles. The van der Waals surface area contributed by atoms with Crippen molar-refractivity contribution in [3.8, 4) is 0 Å². The van der Waals surface area contributed by atoms with E-state index in [1.54, 1.807) is 32.9 Å². The first-order chi connectivity index (χ1) is 8.58. The SMILES string of the molecule is CC(C)CC1(C(=O)O)C=CCN1C(=O)OC(C)(C)C. The third kappa shape index (κ3) is 3.49. The predicted octanol–water partition coefficient (Wildman–Crippen LogP) is 2.66. The first kappa shape index (κ1) is 15.5. The van der Waals surface area contributed by atoms with Gasteiger partial charge in [-0.15, -0.1) is 0 Å². The smallest absolute Gasteiger partial charge is 0.411 e. The van der Waals surface area contributed by atoms with Crippen LogP contribution < -0.4 is 0 Å². The molecular formula is C14H23NO4. The maximum atomic E-state index is 12.2. The summed E-state index contributed by atoms with van der Waals surface area (Å²) in [6.45, 7) is 9.43. The first-order valence-electron chi connectivity index (χ1n) is 6.50. The molecule has 0 bridgehead atoms. The number of carbonyl (C=O) groups excluding carboxylic acids is 1. The molecule has 0 spiro atoms. The van der Waals surface area contributed by atoms with Gasteiger partial charge >= 0.3 is 12.1 Å². The van der Waals surface area contributed by atoms with Crippen LogP contribution >= 0.6 is 0 Å². The molecule has 1 aliphatic heterocycles. The maximum absolute atomic E-state index is 12.2. The van der Waals surface area contributed by atoms with E-state index in [0.717, 1.165) is 0 Å². The van der Waals surface area contributed by atoms with E-state index in [2.05, 4.69) is 0 Å². The van der Waals surface area contributed by atoms with Crippen LogP contribution in [0.3, 0.4) is 0 Å². The lowest BCUT2D eigenvalue weighted by molar-refractivity contribution is -0.148. The Morgan fingerprint density at radius 3 is 2.42 bits per heavy atom. The van der Waals surface area contributed by atoms with Gasteiger partial charge in [0, 0.05) is 6.54 Å². The highest BCUT2D eigenvalue weighted by molar-refractivity contribution is 5.88. The topological polar surface area (TPSA) is 66.8 Å². The Labute approximate surface area is 114 Å². The third-order valence-corrected chi connectivity index (χ3v) is 2.87. The molecule has 19 heavy (non-hydrogen) atoms. The summed E-state index contributed by atoms with van der Waals surface area (Å²) in [5.41, 5.74) is -1.92. The van der Waals surface area contributed by atoms with Crippen molar-refractivity contribution in [3.63, 3.8) is 0 Å². The molecule has 1 aliphatic rings. The minimum absolute atomic E-state index is 0.156. The van der Waals surface area contributed by atoms with Gasteiger partial charge in [0.2, 0.25) is 0 Å². The maximum Gasteiger partial charge on any atom is 0.411 e. The molecule has 108 valence electrons. The molecule has 1 N–H and O–H groups in total. The van der Waals surface area contributed by atoms with Crippen molar-refractivity contribution >= 4 is 12.1 Å². The average molecular weight is 269 g/mol. The minimum atomic E-state index is -1.28. The zero-order chi connectivity index (χ0) is 14.8. The number of carboxylic acids is 1. The molecule has 1 amide bonds. The molecule has 5 nitrogen and oxygen atoms in total. The van der Waals surface area contributed by atoms with Gasteiger partial charge in [-0.1, -0.05) is 19.9 Å². The highest BCUT2D eigenvalue weighted by Crippen LogP contribution is 2.32. The third-order valence-electron chi connectivity index (χ3n) is 2.87. The van der Waals surface area contributed by atoms with Crippen molar-refractivity contribution in [2.45, 2.75) is 52.2 Å². The summed E-state index contributed by atoms with van der Waals surface area (Å²) in [5, 5.41) is 9.53. The van der Waals surface area contributed by atoms with E-state index < -0.39 is 23.2 Å². The largest absolute Gasteiger partial charge is 0.479 e. The van der Waals surface area contributed by atoms with Crippen molar-refractivity contribution < 1.29 is 19.4 Å². The summed E-state index contributed by atoms with van der Waals surface area (Å²) >= 11 is 0. The number of hydrogen-bond donors (Lipinski definition) is 1. The van der Waals surface area contributed by atoms with Gasteiger partial charge in [-0.25, -0.2) is 9.59 Å². The van der Waals surface area contributed by atoms with Crippen molar-refractivity contribution in [1.29, 1.82) is 0 Å². The summed E-state index contributed by atoms with van der Waals surface area (Å²) in [6.07, 6.45) is 3.10. The molecule has 5 heteroatoms. The van der Waals surface area contributed by atoms with Gasteiger partial charge < -0.3 is 9.84 Å². The Hall–Kier alpha value is -1.52. The van der Waals surface area contributed by atoms with Gasteiger partial charge in [-0.3, -0.25) is 4.90 Å². The van der Waals surface area contributed by atoms with E-state index in [9.17, 15) is 14.7 Å². The molecule has 1 unspecified atom stereocenters. The monoisotopic (exact) mass is 269 g/mol. The van der Waals surface area contributed by atoms with Crippen molar-refractivity contribution in [3.05, 3.63) is 12.2 Å². The number of carboxylic acid groups (broad SMARTS) is 1. The minimum Gasteiger partial charge on any atom is -0.479 e. The van der Waals surface area contributed by atoms with E-state index in [0.29, 0.717) is 6.42 Å². The molecular weight excluding hydrogens is 246 g/mol. The zero-order valence-corrected chi connectivity index (χ0v) is 12.3.